The molecule has 1 aromatic rings. The smallest absolute Gasteiger partial charge is 0.0960 e. The molecule has 1 aliphatic rings. The van der Waals surface area contributed by atoms with Crippen molar-refractivity contribution in [1.29, 1.82) is 0 Å². The van der Waals surface area contributed by atoms with Crippen molar-refractivity contribution in [3.63, 3.8) is 0 Å². The van der Waals surface area contributed by atoms with Crippen LogP contribution in [0.5, 0.6) is 0 Å². The lowest BCUT2D eigenvalue weighted by Gasteiger charge is -2.39. The van der Waals surface area contributed by atoms with E-state index in [1.54, 1.807) is 11.3 Å². The summed E-state index contributed by atoms with van der Waals surface area (Å²) >= 11 is 8.14. The Morgan fingerprint density at radius 1 is 1.33 bits per heavy atom. The van der Waals surface area contributed by atoms with Crippen LogP contribution in [-0.2, 0) is 0 Å². The first-order valence-corrected chi connectivity index (χ1v) is 9.67. The molecule has 3 heteroatoms. The van der Waals surface area contributed by atoms with Crippen molar-refractivity contribution in [3.05, 3.63) is 20.8 Å². The molecular formula is C18H30ClNS. The molecule has 120 valence electrons. The summed E-state index contributed by atoms with van der Waals surface area (Å²) in [5.41, 5.74) is 1.67. The van der Waals surface area contributed by atoms with E-state index in [0.29, 0.717) is 11.5 Å². The van der Waals surface area contributed by atoms with Crippen molar-refractivity contribution >= 4 is 22.9 Å². The molecule has 0 aromatic carbocycles. The summed E-state index contributed by atoms with van der Waals surface area (Å²) < 4.78 is 0.964. The summed E-state index contributed by atoms with van der Waals surface area (Å²) in [6.07, 6.45) is 8.00. The van der Waals surface area contributed by atoms with Crippen LogP contribution in [0, 0.1) is 18.3 Å². The maximum absolute atomic E-state index is 6.36. The normalized spacial score (nSPS) is 19.3. The van der Waals surface area contributed by atoms with Crippen LogP contribution in [0.2, 0.25) is 4.34 Å². The Morgan fingerprint density at radius 3 is 2.48 bits per heavy atom. The van der Waals surface area contributed by atoms with Gasteiger partial charge in [0.15, 0.2) is 0 Å². The van der Waals surface area contributed by atoms with Crippen LogP contribution in [0.15, 0.2) is 6.07 Å². The zero-order valence-corrected chi connectivity index (χ0v) is 15.5. The molecule has 1 N–H and O–H groups in total. The first-order chi connectivity index (χ1) is 9.98. The SMILES string of the molecule is CCCNC(c1cc(C)c(Cl)s1)C1(CC(C)C)CCCC1. The number of rotatable bonds is 7. The quantitative estimate of drug-likeness (QED) is 0.614. The molecule has 1 fully saturated rings. The molecular weight excluding hydrogens is 298 g/mol. The third-order valence-electron chi connectivity index (χ3n) is 4.79. The van der Waals surface area contributed by atoms with Gasteiger partial charge < -0.3 is 5.32 Å². The third-order valence-corrected chi connectivity index (χ3v) is 6.41. The van der Waals surface area contributed by atoms with Gasteiger partial charge >= 0.3 is 0 Å². The van der Waals surface area contributed by atoms with Crippen LogP contribution in [-0.4, -0.2) is 6.54 Å². The maximum Gasteiger partial charge on any atom is 0.0960 e. The molecule has 1 saturated carbocycles. The summed E-state index contributed by atoms with van der Waals surface area (Å²) in [6, 6.07) is 2.80. The summed E-state index contributed by atoms with van der Waals surface area (Å²) in [6.45, 7) is 10.2. The second-order valence-corrected chi connectivity index (χ2v) is 8.85. The van der Waals surface area contributed by atoms with Crippen LogP contribution >= 0.6 is 22.9 Å². The van der Waals surface area contributed by atoms with E-state index >= 15 is 0 Å². The lowest BCUT2D eigenvalue weighted by atomic mass is 9.72. The predicted octanol–water partition coefficient (Wildman–Crippen LogP) is 6.36. The summed E-state index contributed by atoms with van der Waals surface area (Å²) in [4.78, 5) is 1.45. The maximum atomic E-state index is 6.36. The molecule has 0 spiro atoms. The van der Waals surface area contributed by atoms with Gasteiger partial charge in [-0.1, -0.05) is 45.2 Å². The largest absolute Gasteiger partial charge is 0.309 e. The van der Waals surface area contributed by atoms with Crippen molar-refractivity contribution in [2.75, 3.05) is 6.54 Å². The number of hydrogen-bond donors (Lipinski definition) is 1. The molecule has 1 aromatic heterocycles. The molecule has 1 aliphatic carbocycles. The molecule has 0 amide bonds. The molecule has 2 rings (SSSR count). The van der Waals surface area contributed by atoms with Crippen molar-refractivity contribution in [2.24, 2.45) is 11.3 Å². The summed E-state index contributed by atoms with van der Waals surface area (Å²) in [7, 11) is 0. The fourth-order valence-electron chi connectivity index (χ4n) is 4.04. The van der Waals surface area contributed by atoms with E-state index in [1.165, 1.54) is 49.0 Å². The number of nitrogens with one attached hydrogen (secondary N) is 1. The monoisotopic (exact) mass is 327 g/mol. The highest BCUT2D eigenvalue weighted by Gasteiger charge is 2.42. The molecule has 1 nitrogen and oxygen atoms in total. The average molecular weight is 328 g/mol. The molecule has 0 bridgehead atoms. The van der Waals surface area contributed by atoms with Crippen LogP contribution in [0.1, 0.15) is 75.8 Å². The van der Waals surface area contributed by atoms with Crippen LogP contribution in [0.25, 0.3) is 0 Å². The van der Waals surface area contributed by atoms with Crippen LogP contribution < -0.4 is 5.32 Å². The standard InChI is InChI=1S/C18H30ClNS/c1-5-10-20-16(15-11-14(4)17(19)21-15)18(12-13(2)3)8-6-7-9-18/h11,13,16,20H,5-10,12H2,1-4H3. The van der Waals surface area contributed by atoms with Crippen molar-refractivity contribution in [2.45, 2.75) is 72.3 Å². The first kappa shape index (κ1) is 17.3. The molecule has 1 unspecified atom stereocenters. The van der Waals surface area contributed by atoms with Crippen LogP contribution in [0.3, 0.4) is 0 Å². The number of thiophene rings is 1. The van der Waals surface area contributed by atoms with E-state index in [9.17, 15) is 0 Å². The zero-order chi connectivity index (χ0) is 15.5. The number of hydrogen-bond acceptors (Lipinski definition) is 2. The van der Waals surface area contributed by atoms with Gasteiger partial charge in [-0.05, 0) is 62.1 Å². The van der Waals surface area contributed by atoms with Gasteiger partial charge in [0.05, 0.1) is 4.34 Å². The molecule has 1 atom stereocenters. The van der Waals surface area contributed by atoms with E-state index in [-0.39, 0.29) is 0 Å². The first-order valence-electron chi connectivity index (χ1n) is 8.47. The fraction of sp³-hybridized carbons (Fsp3) is 0.778. The number of aryl methyl sites for hydroxylation is 1. The van der Waals surface area contributed by atoms with E-state index in [4.69, 9.17) is 11.6 Å². The van der Waals surface area contributed by atoms with E-state index in [0.717, 1.165) is 16.8 Å². The second-order valence-electron chi connectivity index (χ2n) is 7.16. The Bertz CT molecular complexity index is 427. The van der Waals surface area contributed by atoms with Gasteiger partial charge in [-0.2, -0.15) is 0 Å². The molecule has 0 aliphatic heterocycles. The lowest BCUT2D eigenvalue weighted by Crippen LogP contribution is -2.37. The van der Waals surface area contributed by atoms with Gasteiger partial charge in [0, 0.05) is 10.9 Å². The highest BCUT2D eigenvalue weighted by atomic mass is 35.5. The van der Waals surface area contributed by atoms with Crippen LogP contribution in [0.4, 0.5) is 0 Å². The van der Waals surface area contributed by atoms with Gasteiger partial charge in [0.1, 0.15) is 0 Å². The van der Waals surface area contributed by atoms with Gasteiger partial charge in [-0.3, -0.25) is 0 Å². The summed E-state index contributed by atoms with van der Waals surface area (Å²) in [5.74, 6) is 0.755. The minimum absolute atomic E-state index is 0.434. The minimum atomic E-state index is 0.434. The molecule has 1 heterocycles. The van der Waals surface area contributed by atoms with Crippen molar-refractivity contribution in [1.82, 2.24) is 5.32 Å². The Hall–Kier alpha value is -0.0500. The van der Waals surface area contributed by atoms with Crippen molar-refractivity contribution in [3.8, 4) is 0 Å². The minimum Gasteiger partial charge on any atom is -0.309 e. The Kier molecular flexibility index (Phi) is 6.16. The highest BCUT2D eigenvalue weighted by Crippen LogP contribution is 2.53. The van der Waals surface area contributed by atoms with Gasteiger partial charge in [-0.15, -0.1) is 11.3 Å². The van der Waals surface area contributed by atoms with E-state index in [1.807, 2.05) is 0 Å². The molecule has 21 heavy (non-hydrogen) atoms. The Balaban J connectivity index is 2.32. The second kappa shape index (κ2) is 7.48. The lowest BCUT2D eigenvalue weighted by molar-refractivity contribution is 0.158. The van der Waals surface area contributed by atoms with Gasteiger partial charge in [-0.25, -0.2) is 0 Å². The summed E-state index contributed by atoms with van der Waals surface area (Å²) in [5, 5.41) is 3.87. The molecule has 0 radical (unpaired) electrons. The zero-order valence-electron chi connectivity index (χ0n) is 14.0. The predicted molar refractivity (Wildman–Crippen MR) is 95.5 cm³/mol. The Labute approximate surface area is 139 Å². The highest BCUT2D eigenvalue weighted by molar-refractivity contribution is 7.16. The van der Waals surface area contributed by atoms with E-state index < -0.39 is 0 Å². The average Bonchev–Trinajstić information content (AvgIpc) is 2.98. The fourth-order valence-corrected chi connectivity index (χ4v) is 5.47. The van der Waals surface area contributed by atoms with Gasteiger partial charge in [0.25, 0.3) is 0 Å². The third kappa shape index (κ3) is 4.03. The number of halogens is 1. The van der Waals surface area contributed by atoms with E-state index in [2.05, 4.69) is 39.1 Å². The molecule has 0 saturated heterocycles. The van der Waals surface area contributed by atoms with Crippen molar-refractivity contribution < 1.29 is 0 Å². The Morgan fingerprint density at radius 2 is 2.00 bits per heavy atom. The van der Waals surface area contributed by atoms with Gasteiger partial charge in [0.2, 0.25) is 0 Å². The topological polar surface area (TPSA) is 12.0 Å².